The Bertz CT molecular complexity index is 4440. The maximum Gasteiger partial charge on any atom is 0.332 e. The number of aromatic hydroxyl groups is 3. The van der Waals surface area contributed by atoms with Gasteiger partial charge in [0.1, 0.15) is 89.5 Å². The third-order valence-electron chi connectivity index (χ3n) is 19.8. The van der Waals surface area contributed by atoms with Crippen molar-refractivity contribution in [1.29, 1.82) is 0 Å². The molecule has 111 heavy (non-hydrogen) atoms. The molecule has 24 N–H and O–H groups in total. The number of aliphatic hydroxyl groups excluding tert-OH is 7. The number of carbonyl (C=O) groups is 8. The maximum absolute atomic E-state index is 16.4. The molecule has 37 nitrogen and oxygen atoms in total. The van der Waals surface area contributed by atoms with Crippen LogP contribution in [0.2, 0.25) is 10.0 Å². The first-order valence-electron chi connectivity index (χ1n) is 35.0. The second kappa shape index (κ2) is 32.8. The minimum Gasteiger partial charge on any atom is -0.508 e. The fourth-order valence-corrected chi connectivity index (χ4v) is 14.5. The number of likely N-dealkylation sites (N-methyl/N-ethyl adjacent to an activating group) is 1. The Labute approximate surface area is 641 Å². The van der Waals surface area contributed by atoms with Crippen molar-refractivity contribution in [3.63, 3.8) is 0 Å². The van der Waals surface area contributed by atoms with Crippen LogP contribution in [0.3, 0.4) is 0 Å². The van der Waals surface area contributed by atoms with Crippen LogP contribution in [-0.4, -0.2) is 214 Å². The number of phenols is 3. The molecule has 0 spiro atoms. The van der Waals surface area contributed by atoms with Crippen molar-refractivity contribution in [3.8, 4) is 57.1 Å². The van der Waals surface area contributed by atoms with Gasteiger partial charge in [0.2, 0.25) is 47.1 Å². The van der Waals surface area contributed by atoms with E-state index in [1.165, 1.54) is 33.9 Å². The first kappa shape index (κ1) is 82.6. The summed E-state index contributed by atoms with van der Waals surface area (Å²) in [5.74, 6) is -19.8. The highest BCUT2D eigenvalue weighted by molar-refractivity contribution is 6.32. The predicted octanol–water partition coefficient (Wildman–Crippen LogP) is -0.377. The smallest absolute Gasteiger partial charge is 0.332 e. The topological polar surface area (TPSA) is 595 Å². The van der Waals surface area contributed by atoms with Crippen LogP contribution in [0, 0.1) is 5.92 Å². The number of nitrogens with one attached hydrogen (secondary N) is 7. The molecule has 39 heteroatoms. The molecule has 0 aliphatic carbocycles. The molecule has 5 aromatic rings. The number of phenolic OH excluding ortho intramolecular Hbond substituents is 3. The number of primary amides is 1. The molecule has 3 saturated heterocycles. The lowest BCUT2D eigenvalue weighted by Crippen LogP contribution is -2.64. The van der Waals surface area contributed by atoms with Crippen molar-refractivity contribution in [2.24, 2.45) is 23.1 Å². The molecule has 11 bridgehead atoms. The molecule has 0 saturated carbocycles. The summed E-state index contributed by atoms with van der Waals surface area (Å²) in [6, 6.07) is -1.45. The molecule has 3 fully saturated rings. The highest BCUT2D eigenvalue weighted by Crippen LogP contribution is 2.52. The van der Waals surface area contributed by atoms with Gasteiger partial charge < -0.3 is 144 Å². The summed E-state index contributed by atoms with van der Waals surface area (Å²) < 4.78 is 51.5. The van der Waals surface area contributed by atoms with Gasteiger partial charge in [-0.25, -0.2) is 4.79 Å². The molecule has 600 valence electrons. The van der Waals surface area contributed by atoms with E-state index < -0.39 is 284 Å². The number of carboxylic acids is 1. The number of nitrogens with two attached hydrogens (primary N) is 3. The largest absolute Gasteiger partial charge is 0.508 e. The predicted molar refractivity (Wildman–Crippen MR) is 382 cm³/mol. The zero-order valence-corrected chi connectivity index (χ0v) is 61.7. The summed E-state index contributed by atoms with van der Waals surface area (Å²) >= 11 is 14.5. The number of amides is 7. The summed E-state index contributed by atoms with van der Waals surface area (Å²) in [5, 5.41) is 143. The van der Waals surface area contributed by atoms with Crippen LogP contribution in [0.15, 0.2) is 78.9 Å². The average molecular weight is 1590 g/mol. The summed E-state index contributed by atoms with van der Waals surface area (Å²) in [4.78, 5) is 120. The van der Waals surface area contributed by atoms with E-state index in [1.54, 1.807) is 0 Å². The molecule has 8 heterocycles. The van der Waals surface area contributed by atoms with E-state index in [-0.39, 0.29) is 29.9 Å². The zero-order valence-electron chi connectivity index (χ0n) is 60.2. The van der Waals surface area contributed by atoms with E-state index in [0.29, 0.717) is 0 Å². The summed E-state index contributed by atoms with van der Waals surface area (Å²) in [5.41, 5.74) is 12.5. The average Bonchev–Trinajstić information content (AvgIpc) is 0.758. The van der Waals surface area contributed by atoms with Gasteiger partial charge in [-0.3, -0.25) is 38.3 Å². The Kier molecular flexibility index (Phi) is 24.4. The van der Waals surface area contributed by atoms with Gasteiger partial charge >= 0.3 is 11.9 Å². The molecular formula is C72H86Cl2N10O27. The van der Waals surface area contributed by atoms with E-state index >= 15 is 19.2 Å². The monoisotopic (exact) mass is 1590 g/mol. The first-order chi connectivity index (χ1) is 52.2. The van der Waals surface area contributed by atoms with Crippen LogP contribution in [0.25, 0.3) is 11.1 Å². The zero-order chi connectivity index (χ0) is 80.9. The minimum atomic E-state index is -2.87. The van der Waals surface area contributed by atoms with Gasteiger partial charge in [0.05, 0.1) is 53.8 Å². The van der Waals surface area contributed by atoms with Gasteiger partial charge in [-0.2, -0.15) is 0 Å². The van der Waals surface area contributed by atoms with Crippen molar-refractivity contribution in [2.75, 3.05) is 13.7 Å². The lowest BCUT2D eigenvalue weighted by molar-refractivity contribution is -0.442. The van der Waals surface area contributed by atoms with Gasteiger partial charge in [0.25, 0.3) is 0 Å². The van der Waals surface area contributed by atoms with Crippen LogP contribution in [-0.2, 0) is 62.0 Å². The van der Waals surface area contributed by atoms with Crippen molar-refractivity contribution in [3.05, 3.63) is 117 Å². The third-order valence-corrected chi connectivity index (χ3v) is 20.4. The van der Waals surface area contributed by atoms with E-state index in [4.69, 9.17) is 78.3 Å². The number of rotatable bonds is 15. The standard InChI is InChI=1S/C72H86Cl2N10O27/c1-26(2)13-37(78-6)62(96)83-54-56(92)29-8-11-42(35(73)15-29)105-44-17-31-18-45(59(44)111-72(22-41(89)57(93)46(25-85)109-72)110-49-24-71(5,77)60(94)27(3)104-49)106-43-12-9-30(16-36(43)74)58(108-69-61(95)70(4,76)23-48(91)107-69)55-67(101)82-53(68(102)103)34-19-32(86)20-40(88)50(34)33-14-28(7-10-39(33)87)51(64(98)84-55)81-65(99)52(31)80-63(97)38(21-47(75)90)79-66(54)100/h7-12,14-20,26-27,37-38,41,46,48-49,51-58,60-61,69,78,85-89,91-95H,13,21-25,76-77H2,1-6H3,(H2,75,90)(H,79,100)(H,80,97)(H,81,99)(H,82,101)(H,83,96)(H,84,98)(H,102,103)/t27-,37-,38+,41-,46-,48+,49-,51-,52-,53+,54-,55+,56-,57+,58-,60+,61+,69-,70+,71?,72+/m1/s1. The molecule has 21 atom stereocenters. The number of ether oxygens (including phenoxy) is 8. The van der Waals surface area contributed by atoms with Crippen LogP contribution in [0.5, 0.6) is 46.0 Å². The number of halogens is 2. The van der Waals surface area contributed by atoms with Crippen LogP contribution in [0.1, 0.15) is 125 Å². The minimum absolute atomic E-state index is 0.122. The summed E-state index contributed by atoms with van der Waals surface area (Å²) in [6.45, 7) is 6.80. The van der Waals surface area contributed by atoms with Crippen LogP contribution in [0.4, 0.5) is 0 Å². The molecule has 8 aliphatic rings. The van der Waals surface area contributed by atoms with Gasteiger partial charge in [-0.15, -0.1) is 0 Å². The number of aliphatic hydroxyl groups is 7. The number of benzene rings is 5. The Balaban J connectivity index is 1.21. The Morgan fingerprint density at radius 2 is 1.31 bits per heavy atom. The fraction of sp³-hybridized carbons (Fsp3) is 0.472. The Hall–Kier alpha value is -9.36. The summed E-state index contributed by atoms with van der Waals surface area (Å²) in [7, 11) is 1.46. The number of hydrogen-bond acceptors (Lipinski definition) is 29. The normalized spacial score (nSPS) is 32.1. The highest BCUT2D eigenvalue weighted by atomic mass is 35.5. The number of aliphatic carboxylic acids is 1. The van der Waals surface area contributed by atoms with Crippen molar-refractivity contribution >= 4 is 70.5 Å². The van der Waals surface area contributed by atoms with Crippen LogP contribution < -0.4 is 68.6 Å². The number of carboxylic acid groups (broad SMARTS) is 1. The van der Waals surface area contributed by atoms with Crippen molar-refractivity contribution in [1.82, 2.24) is 37.2 Å². The molecule has 13 rings (SSSR count). The second-order valence-corrected chi connectivity index (χ2v) is 29.8. The quantitative estimate of drug-likeness (QED) is 0.0594. The molecular weight excluding hydrogens is 1510 g/mol. The number of fused-ring (bicyclic) bond motifs is 15. The SMILES string of the molecule is CN[C@H](CC(C)C)C(=O)N[C@H]1C(=O)N[C@@H](CC(N)=O)C(=O)N[C@H]2C(=O)N[C@H]3C(=O)N[C@H](C(=O)N[C@H](C(=O)O)c4cc(O)cc(O)c4-c4cc3ccc4O)[C@H](O[C@H]3O[C@H](O)C[C@](C)(N)[C@H]3O)c3ccc(c(Cl)c3)Oc3cc2cc(c3O[C@@]2(O[C@@H]3CC(C)(N)[C@@H](O)[C@@H](C)O3)C[C@@H](O)[C@H](O)[C@@H](CO)O2)Oc2ccc(cc2Cl)[C@H]1O. The van der Waals surface area contributed by atoms with Crippen LogP contribution >= 0.6 is 23.2 Å². The maximum atomic E-state index is 16.4. The second-order valence-electron chi connectivity index (χ2n) is 29.0. The van der Waals surface area contributed by atoms with Gasteiger partial charge in [-0.05, 0) is 117 Å². The molecule has 7 amide bonds. The molecule has 5 aromatic carbocycles. The fourth-order valence-electron chi connectivity index (χ4n) is 14.0. The van der Waals surface area contributed by atoms with Crippen molar-refractivity contribution < 1.29 is 132 Å². The van der Waals surface area contributed by atoms with E-state index in [2.05, 4.69) is 37.2 Å². The van der Waals surface area contributed by atoms with E-state index in [9.17, 15) is 75.3 Å². The van der Waals surface area contributed by atoms with E-state index in [0.717, 1.165) is 72.8 Å². The third kappa shape index (κ3) is 17.6. The van der Waals surface area contributed by atoms with E-state index in [1.807, 2.05) is 13.8 Å². The summed E-state index contributed by atoms with van der Waals surface area (Å²) in [6.07, 6.45) is -22.3. The Morgan fingerprint density at radius 1 is 0.694 bits per heavy atom. The molecule has 0 radical (unpaired) electrons. The highest BCUT2D eigenvalue weighted by Gasteiger charge is 2.55. The van der Waals surface area contributed by atoms with Gasteiger partial charge in [-0.1, -0.05) is 55.2 Å². The lowest BCUT2D eigenvalue weighted by atomic mass is 9.86. The molecule has 1 unspecified atom stereocenters. The van der Waals surface area contributed by atoms with Gasteiger partial charge in [0, 0.05) is 46.7 Å². The molecule has 8 aliphatic heterocycles. The molecule has 0 aromatic heterocycles. The number of hydrogen-bond donors (Lipinski definition) is 21. The van der Waals surface area contributed by atoms with Gasteiger partial charge in [0.15, 0.2) is 36.4 Å². The lowest BCUT2D eigenvalue weighted by Gasteiger charge is -2.48. The Morgan fingerprint density at radius 3 is 1.92 bits per heavy atom. The van der Waals surface area contributed by atoms with Crippen molar-refractivity contribution in [2.45, 2.75) is 194 Å². The number of carbonyl (C=O) groups excluding carboxylic acids is 7. The first-order valence-corrected chi connectivity index (χ1v) is 35.8.